The van der Waals surface area contributed by atoms with Gasteiger partial charge in [-0.2, -0.15) is 0 Å². The SMILES string of the molecule is [CH2]c1cc(OCc2ccccc2)cc(OCc2ccccc2)c1. The number of ether oxygens (including phenoxy) is 2. The standard InChI is InChI=1S/C21H19O2/c1-17-12-20(22-15-18-8-4-2-5-9-18)14-21(13-17)23-16-19-10-6-3-7-11-19/h2-14H,1,15-16H2. The van der Waals surface area contributed by atoms with E-state index in [1.807, 2.05) is 78.9 Å². The fraction of sp³-hybridized carbons (Fsp3) is 0.0952. The van der Waals surface area contributed by atoms with E-state index in [-0.39, 0.29) is 0 Å². The molecule has 3 rings (SSSR count). The second-order valence-corrected chi connectivity index (χ2v) is 5.36. The lowest BCUT2D eigenvalue weighted by molar-refractivity contribution is 0.290. The highest BCUT2D eigenvalue weighted by Crippen LogP contribution is 2.24. The maximum atomic E-state index is 5.85. The molecule has 2 nitrogen and oxygen atoms in total. The topological polar surface area (TPSA) is 18.5 Å². The largest absolute Gasteiger partial charge is 0.489 e. The van der Waals surface area contributed by atoms with Crippen molar-refractivity contribution in [2.45, 2.75) is 13.2 Å². The van der Waals surface area contributed by atoms with Crippen LogP contribution in [0.25, 0.3) is 0 Å². The normalized spacial score (nSPS) is 10.3. The average Bonchev–Trinajstić information content (AvgIpc) is 2.60. The Hall–Kier alpha value is -2.74. The van der Waals surface area contributed by atoms with E-state index in [2.05, 4.69) is 6.92 Å². The number of rotatable bonds is 6. The summed E-state index contributed by atoms with van der Waals surface area (Å²) < 4.78 is 11.7. The van der Waals surface area contributed by atoms with Crippen LogP contribution in [-0.4, -0.2) is 0 Å². The molecule has 0 saturated heterocycles. The Bertz CT molecular complexity index is 675. The highest BCUT2D eigenvalue weighted by Gasteiger charge is 2.02. The van der Waals surface area contributed by atoms with Crippen LogP contribution in [0.4, 0.5) is 0 Å². The molecular formula is C21H19O2. The summed E-state index contributed by atoms with van der Waals surface area (Å²) in [6.45, 7) is 5.05. The minimum absolute atomic E-state index is 0.530. The second-order valence-electron chi connectivity index (χ2n) is 5.36. The Morgan fingerprint density at radius 3 is 1.48 bits per heavy atom. The molecule has 115 valence electrons. The first kappa shape index (κ1) is 15.2. The van der Waals surface area contributed by atoms with Gasteiger partial charge in [-0.05, 0) is 35.7 Å². The summed E-state index contributed by atoms with van der Waals surface area (Å²) in [7, 11) is 0. The van der Waals surface area contributed by atoms with Crippen LogP contribution in [-0.2, 0) is 13.2 Å². The van der Waals surface area contributed by atoms with Gasteiger partial charge in [-0.25, -0.2) is 0 Å². The fourth-order valence-electron chi connectivity index (χ4n) is 2.28. The number of hydrogen-bond acceptors (Lipinski definition) is 2. The highest BCUT2D eigenvalue weighted by atomic mass is 16.5. The molecule has 0 aliphatic rings. The maximum Gasteiger partial charge on any atom is 0.123 e. The van der Waals surface area contributed by atoms with Crippen molar-refractivity contribution in [2.75, 3.05) is 0 Å². The molecule has 0 atom stereocenters. The molecule has 0 N–H and O–H groups in total. The van der Waals surface area contributed by atoms with E-state index in [1.54, 1.807) is 0 Å². The van der Waals surface area contributed by atoms with Crippen LogP contribution in [0.3, 0.4) is 0 Å². The van der Waals surface area contributed by atoms with Gasteiger partial charge in [0.2, 0.25) is 0 Å². The average molecular weight is 303 g/mol. The van der Waals surface area contributed by atoms with Gasteiger partial charge in [0, 0.05) is 6.07 Å². The molecule has 0 amide bonds. The molecule has 0 unspecified atom stereocenters. The van der Waals surface area contributed by atoms with Gasteiger partial charge in [0.05, 0.1) is 0 Å². The predicted octanol–water partition coefficient (Wildman–Crippen LogP) is 5.03. The summed E-state index contributed by atoms with van der Waals surface area (Å²) in [6, 6.07) is 25.9. The summed E-state index contributed by atoms with van der Waals surface area (Å²) in [4.78, 5) is 0. The Balaban J connectivity index is 1.64. The van der Waals surface area contributed by atoms with Crippen LogP contribution >= 0.6 is 0 Å². The lowest BCUT2D eigenvalue weighted by Crippen LogP contribution is -1.98. The summed E-state index contributed by atoms with van der Waals surface area (Å²) in [5.41, 5.74) is 3.14. The first-order valence-corrected chi connectivity index (χ1v) is 7.60. The molecule has 0 aliphatic carbocycles. The van der Waals surface area contributed by atoms with Crippen LogP contribution in [0, 0.1) is 6.92 Å². The van der Waals surface area contributed by atoms with E-state index < -0.39 is 0 Å². The minimum Gasteiger partial charge on any atom is -0.489 e. The minimum atomic E-state index is 0.530. The summed E-state index contributed by atoms with van der Waals surface area (Å²) in [6.07, 6.45) is 0. The third-order valence-electron chi connectivity index (χ3n) is 3.44. The second kappa shape index (κ2) is 7.50. The van der Waals surface area contributed by atoms with Gasteiger partial charge < -0.3 is 9.47 Å². The quantitative estimate of drug-likeness (QED) is 0.636. The van der Waals surface area contributed by atoms with E-state index in [0.29, 0.717) is 13.2 Å². The smallest absolute Gasteiger partial charge is 0.123 e. The van der Waals surface area contributed by atoms with Crippen molar-refractivity contribution in [3.8, 4) is 11.5 Å². The summed E-state index contributed by atoms with van der Waals surface area (Å²) in [5.74, 6) is 1.54. The zero-order valence-electron chi connectivity index (χ0n) is 12.9. The molecule has 0 aromatic heterocycles. The van der Waals surface area contributed by atoms with Crippen molar-refractivity contribution in [1.82, 2.24) is 0 Å². The Morgan fingerprint density at radius 2 is 1.04 bits per heavy atom. The molecule has 0 saturated carbocycles. The van der Waals surface area contributed by atoms with E-state index in [0.717, 1.165) is 28.2 Å². The van der Waals surface area contributed by atoms with Gasteiger partial charge in [-0.3, -0.25) is 0 Å². The van der Waals surface area contributed by atoms with Gasteiger partial charge in [-0.15, -0.1) is 0 Å². The fourth-order valence-corrected chi connectivity index (χ4v) is 2.28. The molecule has 23 heavy (non-hydrogen) atoms. The third kappa shape index (κ3) is 4.62. The van der Waals surface area contributed by atoms with E-state index >= 15 is 0 Å². The summed E-state index contributed by atoms with van der Waals surface area (Å²) >= 11 is 0. The van der Waals surface area contributed by atoms with Gasteiger partial charge in [0.1, 0.15) is 24.7 Å². The first-order valence-electron chi connectivity index (χ1n) is 7.60. The lowest BCUT2D eigenvalue weighted by Gasteiger charge is -2.11. The van der Waals surface area contributed by atoms with Gasteiger partial charge in [0.25, 0.3) is 0 Å². The molecule has 2 heteroatoms. The van der Waals surface area contributed by atoms with Crippen molar-refractivity contribution >= 4 is 0 Å². The predicted molar refractivity (Wildman–Crippen MR) is 92.4 cm³/mol. The van der Waals surface area contributed by atoms with Crippen molar-refractivity contribution < 1.29 is 9.47 Å². The molecule has 3 aromatic carbocycles. The van der Waals surface area contributed by atoms with Crippen molar-refractivity contribution in [2.24, 2.45) is 0 Å². The molecule has 3 aromatic rings. The molecule has 0 bridgehead atoms. The van der Waals surface area contributed by atoms with Crippen LogP contribution in [0.2, 0.25) is 0 Å². The Labute approximate surface area is 137 Å². The zero-order chi connectivity index (χ0) is 15.9. The number of hydrogen-bond donors (Lipinski definition) is 0. The molecule has 0 fully saturated rings. The zero-order valence-corrected chi connectivity index (χ0v) is 12.9. The molecule has 0 aliphatic heterocycles. The summed E-state index contributed by atoms with van der Waals surface area (Å²) in [5, 5.41) is 0. The lowest BCUT2D eigenvalue weighted by atomic mass is 10.2. The number of benzene rings is 3. The van der Waals surface area contributed by atoms with Crippen molar-refractivity contribution in [1.29, 1.82) is 0 Å². The maximum absolute atomic E-state index is 5.85. The van der Waals surface area contributed by atoms with Crippen LogP contribution in [0.1, 0.15) is 16.7 Å². The Kier molecular flexibility index (Phi) is 4.95. The van der Waals surface area contributed by atoms with Gasteiger partial charge in [0.15, 0.2) is 0 Å². The van der Waals surface area contributed by atoms with E-state index in [4.69, 9.17) is 9.47 Å². The van der Waals surface area contributed by atoms with Crippen molar-refractivity contribution in [3.63, 3.8) is 0 Å². The van der Waals surface area contributed by atoms with E-state index in [9.17, 15) is 0 Å². The van der Waals surface area contributed by atoms with Gasteiger partial charge >= 0.3 is 0 Å². The monoisotopic (exact) mass is 303 g/mol. The molecule has 0 heterocycles. The molecule has 0 spiro atoms. The third-order valence-corrected chi connectivity index (χ3v) is 3.44. The van der Waals surface area contributed by atoms with Crippen LogP contribution in [0.5, 0.6) is 11.5 Å². The van der Waals surface area contributed by atoms with Crippen LogP contribution in [0.15, 0.2) is 78.9 Å². The molecule has 1 radical (unpaired) electrons. The van der Waals surface area contributed by atoms with E-state index in [1.165, 1.54) is 0 Å². The Morgan fingerprint density at radius 1 is 0.609 bits per heavy atom. The van der Waals surface area contributed by atoms with Gasteiger partial charge in [-0.1, -0.05) is 60.7 Å². The first-order chi connectivity index (χ1) is 11.3. The highest BCUT2D eigenvalue weighted by molar-refractivity contribution is 5.40. The van der Waals surface area contributed by atoms with Crippen LogP contribution < -0.4 is 9.47 Å². The molecular weight excluding hydrogens is 284 g/mol. The van der Waals surface area contributed by atoms with Crippen molar-refractivity contribution in [3.05, 3.63) is 102 Å².